The molecule has 1 N–H and O–H groups in total. The lowest BCUT2D eigenvalue weighted by Crippen LogP contribution is -2.25. The molecule has 3 nitrogen and oxygen atoms in total. The average Bonchev–Trinajstić information content (AvgIpc) is 2.28. The highest BCUT2D eigenvalue weighted by atomic mass is 19.1. The van der Waals surface area contributed by atoms with Gasteiger partial charge in [0, 0.05) is 19.2 Å². The van der Waals surface area contributed by atoms with E-state index in [0.717, 1.165) is 0 Å². The van der Waals surface area contributed by atoms with E-state index in [2.05, 4.69) is 6.07 Å². The molecule has 0 fully saturated rings. The van der Waals surface area contributed by atoms with Crippen LogP contribution in [0.3, 0.4) is 0 Å². The Balaban J connectivity index is 3.07. The van der Waals surface area contributed by atoms with Crippen molar-refractivity contribution in [2.24, 2.45) is 5.92 Å². The number of benzene rings is 1. The molecule has 0 spiro atoms. The standard InChI is InChI=1S/C13H17FN2O/c1-9(7-15)8-16(3)13-11(10(2)17)5-4-6-12(13)14/h4-6,9-10,17H,8H2,1-3H3/t9?,10-/m1/s1. The first-order chi connectivity index (χ1) is 7.97. The zero-order valence-electron chi connectivity index (χ0n) is 10.3. The van der Waals surface area contributed by atoms with Crippen molar-refractivity contribution in [2.75, 3.05) is 18.5 Å². The predicted octanol–water partition coefficient (Wildman–Crippen LogP) is 2.47. The van der Waals surface area contributed by atoms with Gasteiger partial charge in [-0.25, -0.2) is 4.39 Å². The van der Waals surface area contributed by atoms with Crippen LogP contribution in [0.5, 0.6) is 0 Å². The Labute approximate surface area is 101 Å². The van der Waals surface area contributed by atoms with Gasteiger partial charge in [0.1, 0.15) is 5.82 Å². The monoisotopic (exact) mass is 236 g/mol. The van der Waals surface area contributed by atoms with Gasteiger partial charge >= 0.3 is 0 Å². The topological polar surface area (TPSA) is 47.3 Å². The highest BCUT2D eigenvalue weighted by molar-refractivity contribution is 5.55. The quantitative estimate of drug-likeness (QED) is 0.873. The van der Waals surface area contributed by atoms with Crippen molar-refractivity contribution in [3.05, 3.63) is 29.6 Å². The molecular formula is C13H17FN2O. The molecule has 1 unspecified atom stereocenters. The van der Waals surface area contributed by atoms with Gasteiger partial charge in [-0.2, -0.15) is 5.26 Å². The summed E-state index contributed by atoms with van der Waals surface area (Å²) in [5.41, 5.74) is 0.905. The van der Waals surface area contributed by atoms with E-state index >= 15 is 0 Å². The molecule has 0 saturated heterocycles. The minimum Gasteiger partial charge on any atom is -0.389 e. The Morgan fingerprint density at radius 2 is 2.12 bits per heavy atom. The van der Waals surface area contributed by atoms with E-state index in [1.807, 2.05) is 0 Å². The number of para-hydroxylation sites is 1. The summed E-state index contributed by atoms with van der Waals surface area (Å²) in [6.07, 6.45) is -0.736. The third-order valence-corrected chi connectivity index (χ3v) is 2.62. The molecule has 92 valence electrons. The second kappa shape index (κ2) is 5.65. The number of aliphatic hydroxyl groups is 1. The molecule has 0 bridgehead atoms. The lowest BCUT2D eigenvalue weighted by Gasteiger charge is -2.25. The second-order valence-corrected chi connectivity index (χ2v) is 4.26. The Hall–Kier alpha value is -1.60. The number of nitrogens with zero attached hydrogens (tertiary/aromatic N) is 2. The molecule has 0 saturated carbocycles. The lowest BCUT2D eigenvalue weighted by atomic mass is 10.1. The van der Waals surface area contributed by atoms with Crippen LogP contribution in [-0.2, 0) is 0 Å². The van der Waals surface area contributed by atoms with E-state index in [-0.39, 0.29) is 11.7 Å². The van der Waals surface area contributed by atoms with Crippen molar-refractivity contribution in [2.45, 2.75) is 20.0 Å². The van der Waals surface area contributed by atoms with Crippen LogP contribution in [0.2, 0.25) is 0 Å². The van der Waals surface area contributed by atoms with Gasteiger partial charge < -0.3 is 10.0 Å². The number of hydrogen-bond donors (Lipinski definition) is 1. The molecular weight excluding hydrogens is 219 g/mol. The van der Waals surface area contributed by atoms with Crippen molar-refractivity contribution in [3.8, 4) is 6.07 Å². The Morgan fingerprint density at radius 1 is 1.47 bits per heavy atom. The number of anilines is 1. The summed E-state index contributed by atoms with van der Waals surface area (Å²) in [5, 5.41) is 18.4. The molecule has 4 heteroatoms. The SMILES string of the molecule is CC(C#N)CN(C)c1c(F)cccc1[C@@H](C)O. The summed E-state index contributed by atoms with van der Waals surface area (Å²) in [5.74, 6) is -0.572. The maximum atomic E-state index is 13.8. The average molecular weight is 236 g/mol. The molecule has 1 aromatic rings. The number of aliphatic hydroxyl groups excluding tert-OH is 1. The molecule has 0 aliphatic heterocycles. The fourth-order valence-corrected chi connectivity index (χ4v) is 1.81. The van der Waals surface area contributed by atoms with Crippen LogP contribution >= 0.6 is 0 Å². The normalized spacial score (nSPS) is 13.9. The summed E-state index contributed by atoms with van der Waals surface area (Å²) in [7, 11) is 1.72. The van der Waals surface area contributed by atoms with Gasteiger partial charge in [0.2, 0.25) is 0 Å². The fourth-order valence-electron chi connectivity index (χ4n) is 1.81. The molecule has 1 rings (SSSR count). The molecule has 1 aromatic carbocycles. The van der Waals surface area contributed by atoms with Crippen molar-refractivity contribution in [1.29, 1.82) is 5.26 Å². The molecule has 0 radical (unpaired) electrons. The second-order valence-electron chi connectivity index (χ2n) is 4.26. The first-order valence-electron chi connectivity index (χ1n) is 5.54. The van der Waals surface area contributed by atoms with E-state index < -0.39 is 6.10 Å². The van der Waals surface area contributed by atoms with Crippen LogP contribution in [0.1, 0.15) is 25.5 Å². The summed E-state index contributed by atoms with van der Waals surface area (Å²) >= 11 is 0. The highest BCUT2D eigenvalue weighted by Crippen LogP contribution is 2.28. The first kappa shape index (κ1) is 13.5. The Bertz CT molecular complexity index is 426. The van der Waals surface area contributed by atoms with Gasteiger partial charge in [-0.3, -0.25) is 0 Å². The molecule has 0 amide bonds. The Morgan fingerprint density at radius 3 is 2.65 bits per heavy atom. The molecule has 0 aliphatic carbocycles. The number of hydrogen-bond acceptors (Lipinski definition) is 3. The minimum atomic E-state index is -0.736. The largest absolute Gasteiger partial charge is 0.389 e. The van der Waals surface area contributed by atoms with E-state index in [1.165, 1.54) is 6.07 Å². The van der Waals surface area contributed by atoms with Crippen molar-refractivity contribution in [3.63, 3.8) is 0 Å². The minimum absolute atomic E-state index is 0.193. The Kier molecular flexibility index (Phi) is 4.47. The van der Waals surface area contributed by atoms with Gasteiger partial charge in [-0.05, 0) is 19.9 Å². The van der Waals surface area contributed by atoms with E-state index in [4.69, 9.17) is 5.26 Å². The van der Waals surface area contributed by atoms with E-state index in [9.17, 15) is 9.50 Å². The maximum absolute atomic E-state index is 13.8. The molecule has 0 heterocycles. The van der Waals surface area contributed by atoms with Crippen LogP contribution < -0.4 is 4.90 Å². The summed E-state index contributed by atoms with van der Waals surface area (Å²) in [6, 6.07) is 6.73. The summed E-state index contributed by atoms with van der Waals surface area (Å²) in [6.45, 7) is 3.80. The lowest BCUT2D eigenvalue weighted by molar-refractivity contribution is 0.199. The van der Waals surface area contributed by atoms with Crippen molar-refractivity contribution in [1.82, 2.24) is 0 Å². The van der Waals surface area contributed by atoms with Crippen molar-refractivity contribution >= 4 is 5.69 Å². The van der Waals surface area contributed by atoms with Crippen LogP contribution in [0, 0.1) is 23.1 Å². The van der Waals surface area contributed by atoms with E-state index in [1.54, 1.807) is 37.9 Å². The molecule has 0 aliphatic rings. The van der Waals surface area contributed by atoms with Gasteiger partial charge in [0.05, 0.1) is 23.8 Å². The van der Waals surface area contributed by atoms with Crippen LogP contribution in [-0.4, -0.2) is 18.7 Å². The third kappa shape index (κ3) is 3.18. The predicted molar refractivity (Wildman–Crippen MR) is 65.1 cm³/mol. The van der Waals surface area contributed by atoms with E-state index in [0.29, 0.717) is 17.8 Å². The molecule has 2 atom stereocenters. The van der Waals surface area contributed by atoms with Gasteiger partial charge in [-0.1, -0.05) is 12.1 Å². The van der Waals surface area contributed by atoms with Crippen LogP contribution in [0.25, 0.3) is 0 Å². The van der Waals surface area contributed by atoms with Gasteiger partial charge in [0.25, 0.3) is 0 Å². The molecule has 0 aromatic heterocycles. The highest BCUT2D eigenvalue weighted by Gasteiger charge is 2.17. The fraction of sp³-hybridized carbons (Fsp3) is 0.462. The van der Waals surface area contributed by atoms with Crippen molar-refractivity contribution < 1.29 is 9.50 Å². The zero-order valence-corrected chi connectivity index (χ0v) is 10.3. The van der Waals surface area contributed by atoms with Gasteiger partial charge in [0.15, 0.2) is 0 Å². The number of nitriles is 1. The first-order valence-corrected chi connectivity index (χ1v) is 5.54. The summed E-state index contributed by atoms with van der Waals surface area (Å²) < 4.78 is 13.8. The van der Waals surface area contributed by atoms with Crippen LogP contribution in [0.4, 0.5) is 10.1 Å². The van der Waals surface area contributed by atoms with Crippen LogP contribution in [0.15, 0.2) is 18.2 Å². The smallest absolute Gasteiger partial charge is 0.146 e. The zero-order chi connectivity index (χ0) is 13.0. The summed E-state index contributed by atoms with van der Waals surface area (Å²) in [4.78, 5) is 1.67. The maximum Gasteiger partial charge on any atom is 0.146 e. The molecule has 17 heavy (non-hydrogen) atoms. The number of rotatable bonds is 4. The third-order valence-electron chi connectivity index (χ3n) is 2.62. The number of halogens is 1. The van der Waals surface area contributed by atoms with Gasteiger partial charge in [-0.15, -0.1) is 0 Å².